The molecule has 6 nitrogen and oxygen atoms in total. The summed E-state index contributed by atoms with van der Waals surface area (Å²) in [6.45, 7) is 9.52. The van der Waals surface area contributed by atoms with Crippen molar-refractivity contribution < 1.29 is 19.2 Å². The number of oxime groups is 1. The Morgan fingerprint density at radius 1 is 1.12 bits per heavy atom. The first-order valence-electron chi connectivity index (χ1n) is 12.4. The lowest BCUT2D eigenvalue weighted by Crippen LogP contribution is -2.37. The summed E-state index contributed by atoms with van der Waals surface area (Å²) in [6.07, 6.45) is 13.3. The topological polar surface area (TPSA) is 68.2 Å². The molecule has 0 bridgehead atoms. The van der Waals surface area contributed by atoms with Crippen molar-refractivity contribution in [2.45, 2.75) is 72.3 Å². The van der Waals surface area contributed by atoms with Gasteiger partial charge in [-0.15, -0.1) is 0 Å². The average molecular weight is 467 g/mol. The van der Waals surface area contributed by atoms with Crippen molar-refractivity contribution in [3.05, 3.63) is 58.7 Å². The second-order valence-electron chi connectivity index (χ2n) is 9.59. The minimum atomic E-state index is -0.317. The van der Waals surface area contributed by atoms with Gasteiger partial charge in [0, 0.05) is 25.9 Å². The van der Waals surface area contributed by atoms with Crippen LogP contribution in [-0.4, -0.2) is 48.3 Å². The van der Waals surface area contributed by atoms with Gasteiger partial charge in [-0.3, -0.25) is 4.79 Å². The van der Waals surface area contributed by atoms with Crippen LogP contribution in [0.4, 0.5) is 0 Å². The lowest BCUT2D eigenvalue weighted by Gasteiger charge is -2.26. The monoisotopic (exact) mass is 466 g/mol. The van der Waals surface area contributed by atoms with Crippen LogP contribution in [0.3, 0.4) is 0 Å². The number of carbonyl (C=O) groups is 2. The number of rotatable bonds is 3. The summed E-state index contributed by atoms with van der Waals surface area (Å²) in [5, 5.41) is 4.32. The number of fused-ring (bicyclic) bond motifs is 1. The molecular weight excluding hydrogens is 428 g/mol. The summed E-state index contributed by atoms with van der Waals surface area (Å²) in [7, 11) is 0. The van der Waals surface area contributed by atoms with Crippen molar-refractivity contribution in [3.63, 3.8) is 0 Å². The van der Waals surface area contributed by atoms with E-state index in [1.165, 1.54) is 6.42 Å². The Labute approximate surface area is 203 Å². The SMILES string of the molecule is Cc1cc(C)c2c(c1)CC(=N/OCC(=O)N1CCCCC1)/C=C/C[C@H](C)/C=C/C[C@@H](C)OC2=O. The molecular formula is C28H38N2O4. The zero-order valence-corrected chi connectivity index (χ0v) is 21.0. The number of cyclic esters (lactones) is 1. The number of benzene rings is 1. The highest BCUT2D eigenvalue weighted by atomic mass is 16.6. The Morgan fingerprint density at radius 3 is 2.65 bits per heavy atom. The molecule has 1 fully saturated rings. The molecule has 1 aromatic rings. The maximum atomic E-state index is 13.1. The fraction of sp³-hybridized carbons (Fsp3) is 0.536. The maximum absolute atomic E-state index is 13.1. The standard InChI is InChI=1S/C28H38N2O4/c1-20-10-8-12-23(4)34-28(32)27-22(3)16-21(2)17-24(27)18-25(13-9-11-20)29-33-19-26(31)30-14-6-5-7-15-30/h8-10,13,16-17,20,23H,5-7,11-12,14-15,18-19H2,1-4H3/b10-8+,13-9+,29-25+/t20-,23-/m1/s1. The summed E-state index contributed by atoms with van der Waals surface area (Å²) in [6, 6.07) is 4.00. The van der Waals surface area contributed by atoms with Crippen LogP contribution in [0, 0.1) is 19.8 Å². The molecule has 6 heteroatoms. The van der Waals surface area contributed by atoms with Crippen molar-refractivity contribution in [2.75, 3.05) is 19.7 Å². The molecule has 1 saturated heterocycles. The zero-order chi connectivity index (χ0) is 24.5. The molecule has 2 atom stereocenters. The molecule has 3 rings (SSSR count). The maximum Gasteiger partial charge on any atom is 0.338 e. The molecule has 0 unspecified atom stereocenters. The smallest absolute Gasteiger partial charge is 0.338 e. The third-order valence-electron chi connectivity index (χ3n) is 6.27. The number of likely N-dealkylation sites (tertiary alicyclic amines) is 1. The van der Waals surface area contributed by atoms with E-state index in [1.54, 1.807) is 0 Å². The molecule has 34 heavy (non-hydrogen) atoms. The third kappa shape index (κ3) is 7.57. The van der Waals surface area contributed by atoms with Crippen molar-refractivity contribution in [2.24, 2.45) is 11.1 Å². The Bertz CT molecular complexity index is 957. The van der Waals surface area contributed by atoms with E-state index in [0.29, 0.717) is 30.0 Å². The van der Waals surface area contributed by atoms with Gasteiger partial charge in [0.05, 0.1) is 11.3 Å². The van der Waals surface area contributed by atoms with E-state index >= 15 is 0 Å². The zero-order valence-electron chi connectivity index (χ0n) is 21.0. The number of esters is 1. The molecule has 2 heterocycles. The van der Waals surface area contributed by atoms with Gasteiger partial charge >= 0.3 is 5.97 Å². The number of carbonyl (C=O) groups excluding carboxylic acids is 2. The van der Waals surface area contributed by atoms with E-state index in [9.17, 15) is 9.59 Å². The number of allylic oxidation sites excluding steroid dienone is 3. The fourth-order valence-electron chi connectivity index (χ4n) is 4.50. The van der Waals surface area contributed by atoms with Crippen LogP contribution >= 0.6 is 0 Å². The number of nitrogens with zero attached hydrogens (tertiary/aromatic N) is 2. The van der Waals surface area contributed by atoms with Gasteiger partial charge in [-0.2, -0.15) is 0 Å². The van der Waals surface area contributed by atoms with Gasteiger partial charge in [-0.25, -0.2) is 4.79 Å². The second-order valence-corrected chi connectivity index (χ2v) is 9.59. The van der Waals surface area contributed by atoms with Gasteiger partial charge in [0.1, 0.15) is 6.10 Å². The van der Waals surface area contributed by atoms with Gasteiger partial charge in [-0.1, -0.05) is 48.0 Å². The molecule has 0 aliphatic carbocycles. The highest BCUT2D eigenvalue weighted by Gasteiger charge is 2.21. The number of amides is 1. The molecule has 2 aliphatic rings. The molecule has 184 valence electrons. The van der Waals surface area contributed by atoms with Crippen molar-refractivity contribution in [1.29, 1.82) is 0 Å². The number of ether oxygens (including phenoxy) is 1. The summed E-state index contributed by atoms with van der Waals surface area (Å²) in [5.41, 5.74) is 4.06. The first-order valence-corrected chi connectivity index (χ1v) is 12.4. The Kier molecular flexibility index (Phi) is 9.49. The molecule has 1 aromatic carbocycles. The third-order valence-corrected chi connectivity index (χ3v) is 6.27. The normalized spacial score (nSPS) is 25.1. The van der Waals surface area contributed by atoms with E-state index in [2.05, 4.69) is 30.3 Å². The van der Waals surface area contributed by atoms with E-state index in [0.717, 1.165) is 49.0 Å². The van der Waals surface area contributed by atoms with Crippen molar-refractivity contribution in [3.8, 4) is 0 Å². The van der Waals surface area contributed by atoms with Crippen LogP contribution in [0.25, 0.3) is 0 Å². The van der Waals surface area contributed by atoms with Crippen molar-refractivity contribution in [1.82, 2.24) is 4.90 Å². The molecule has 0 aromatic heterocycles. The summed E-state index contributed by atoms with van der Waals surface area (Å²) in [5.74, 6) is 0.00193. The minimum Gasteiger partial charge on any atom is -0.459 e. The fourth-order valence-corrected chi connectivity index (χ4v) is 4.50. The van der Waals surface area contributed by atoms with Crippen LogP contribution in [0.2, 0.25) is 0 Å². The first kappa shape index (κ1) is 25.7. The summed E-state index contributed by atoms with van der Waals surface area (Å²) >= 11 is 0. The lowest BCUT2D eigenvalue weighted by atomic mass is 9.94. The first-order chi connectivity index (χ1) is 16.3. The van der Waals surface area contributed by atoms with Gasteiger partial charge in [0.2, 0.25) is 0 Å². The number of hydrogen-bond donors (Lipinski definition) is 0. The van der Waals surface area contributed by atoms with Crippen molar-refractivity contribution >= 4 is 17.6 Å². The van der Waals surface area contributed by atoms with Crippen LogP contribution in [0.15, 0.2) is 41.6 Å². The number of aryl methyl sites for hydroxylation is 2. The van der Waals surface area contributed by atoms with Crippen LogP contribution < -0.4 is 0 Å². The molecule has 0 spiro atoms. The molecule has 1 amide bonds. The Balaban J connectivity index is 1.86. The highest BCUT2D eigenvalue weighted by Crippen LogP contribution is 2.22. The van der Waals surface area contributed by atoms with Gasteiger partial charge < -0.3 is 14.5 Å². The van der Waals surface area contributed by atoms with Gasteiger partial charge in [-0.05, 0) is 69.6 Å². The predicted molar refractivity (Wildman–Crippen MR) is 135 cm³/mol. The average Bonchev–Trinajstić information content (AvgIpc) is 2.78. The Hall–Kier alpha value is -2.89. The van der Waals surface area contributed by atoms with E-state index in [1.807, 2.05) is 43.9 Å². The largest absolute Gasteiger partial charge is 0.459 e. The van der Waals surface area contributed by atoms with Crippen LogP contribution in [-0.2, 0) is 20.8 Å². The van der Waals surface area contributed by atoms with E-state index < -0.39 is 0 Å². The molecule has 0 saturated carbocycles. The summed E-state index contributed by atoms with van der Waals surface area (Å²) in [4.78, 5) is 32.9. The minimum absolute atomic E-state index is 0.0302. The van der Waals surface area contributed by atoms with Crippen LogP contribution in [0.1, 0.15) is 73.0 Å². The van der Waals surface area contributed by atoms with Gasteiger partial charge in [0.25, 0.3) is 5.91 Å². The lowest BCUT2D eigenvalue weighted by molar-refractivity contribution is -0.137. The summed E-state index contributed by atoms with van der Waals surface area (Å²) < 4.78 is 5.76. The molecule has 2 aliphatic heterocycles. The van der Waals surface area contributed by atoms with E-state index in [-0.39, 0.29) is 24.6 Å². The number of piperidine rings is 1. The van der Waals surface area contributed by atoms with Gasteiger partial charge in [0.15, 0.2) is 6.61 Å². The quantitative estimate of drug-likeness (QED) is 0.344. The van der Waals surface area contributed by atoms with E-state index in [4.69, 9.17) is 9.57 Å². The molecule has 0 N–H and O–H groups in total. The molecule has 0 radical (unpaired) electrons. The second kappa shape index (κ2) is 12.5. The highest BCUT2D eigenvalue weighted by molar-refractivity contribution is 6.00. The Morgan fingerprint density at radius 2 is 1.88 bits per heavy atom. The predicted octanol–water partition coefficient (Wildman–Crippen LogP) is 5.32. The number of hydrogen-bond acceptors (Lipinski definition) is 5. The van der Waals surface area contributed by atoms with Crippen LogP contribution in [0.5, 0.6) is 0 Å².